The molecule has 194 valence electrons. The Labute approximate surface area is 215 Å². The summed E-state index contributed by atoms with van der Waals surface area (Å²) in [4.78, 5) is 37.2. The zero-order valence-electron chi connectivity index (χ0n) is 21.5. The van der Waals surface area contributed by atoms with Crippen LogP contribution in [-0.2, 0) is 0 Å². The summed E-state index contributed by atoms with van der Waals surface area (Å²) in [7, 11) is 0. The van der Waals surface area contributed by atoms with Gasteiger partial charge in [0, 0.05) is 48.9 Å². The van der Waals surface area contributed by atoms with Gasteiger partial charge in [0.2, 0.25) is 0 Å². The number of fused-ring (bicyclic) bond motifs is 1. The van der Waals surface area contributed by atoms with E-state index in [1.54, 1.807) is 19.2 Å². The molecule has 37 heavy (non-hydrogen) atoms. The monoisotopic (exact) mass is 504 g/mol. The van der Waals surface area contributed by atoms with E-state index in [0.717, 1.165) is 66.9 Å². The standard InChI is InChI=1S/C28H33FN6O2/c1-15-8-10-35(11-9-31-15)26-21-12-16(2)33-24(18-4-5-18)25(21)32-14-22(26)28(37)34-17(3)19-6-7-23(29)20(13-19)27(30)36/h6-7,12-15,17-18,31H,4-5,8-11H2,1-3H3,(H2,30,36)(H,34,37)/t15-,17-/m0/s1. The van der Waals surface area contributed by atoms with Gasteiger partial charge in [-0.2, -0.15) is 0 Å². The first-order valence-corrected chi connectivity index (χ1v) is 12.9. The molecular formula is C28H33FN6O2. The molecule has 3 aromatic rings. The first kappa shape index (κ1) is 25.1. The van der Waals surface area contributed by atoms with Gasteiger partial charge in [0.05, 0.1) is 34.1 Å². The maximum absolute atomic E-state index is 14.0. The molecule has 2 atom stereocenters. The van der Waals surface area contributed by atoms with E-state index in [1.165, 1.54) is 12.1 Å². The number of rotatable bonds is 6. The van der Waals surface area contributed by atoms with Crippen LogP contribution in [-0.4, -0.2) is 47.5 Å². The van der Waals surface area contributed by atoms with Crippen molar-refractivity contribution in [3.63, 3.8) is 0 Å². The van der Waals surface area contributed by atoms with Crippen molar-refractivity contribution < 1.29 is 14.0 Å². The number of hydrogen-bond donors (Lipinski definition) is 3. The predicted octanol–water partition coefficient (Wildman–Crippen LogP) is 3.73. The van der Waals surface area contributed by atoms with E-state index in [1.807, 2.05) is 13.0 Å². The number of aryl methyl sites for hydroxylation is 1. The summed E-state index contributed by atoms with van der Waals surface area (Å²) in [6.07, 6.45) is 4.83. The molecule has 2 aliphatic rings. The van der Waals surface area contributed by atoms with Crippen molar-refractivity contribution in [1.29, 1.82) is 0 Å². The molecule has 1 aromatic carbocycles. The van der Waals surface area contributed by atoms with E-state index in [-0.39, 0.29) is 11.5 Å². The van der Waals surface area contributed by atoms with Crippen molar-refractivity contribution in [2.45, 2.75) is 58.0 Å². The van der Waals surface area contributed by atoms with E-state index in [9.17, 15) is 14.0 Å². The zero-order valence-corrected chi connectivity index (χ0v) is 21.5. The fraction of sp³-hybridized carbons (Fsp3) is 0.429. The van der Waals surface area contributed by atoms with Gasteiger partial charge in [-0.3, -0.25) is 19.6 Å². The molecule has 1 saturated carbocycles. The molecule has 0 bridgehead atoms. The summed E-state index contributed by atoms with van der Waals surface area (Å²) in [6, 6.07) is 6.07. The summed E-state index contributed by atoms with van der Waals surface area (Å²) in [5, 5.41) is 7.49. The van der Waals surface area contributed by atoms with Crippen LogP contribution >= 0.6 is 0 Å². The van der Waals surface area contributed by atoms with Gasteiger partial charge in [0.15, 0.2) is 0 Å². The van der Waals surface area contributed by atoms with Crippen molar-refractivity contribution >= 4 is 28.4 Å². The third-order valence-corrected chi connectivity index (χ3v) is 7.32. The Morgan fingerprint density at radius 1 is 1.19 bits per heavy atom. The average molecular weight is 505 g/mol. The molecule has 2 aromatic heterocycles. The van der Waals surface area contributed by atoms with Crippen molar-refractivity contribution in [3.8, 4) is 0 Å². The minimum Gasteiger partial charge on any atom is -0.369 e. The molecule has 8 nitrogen and oxygen atoms in total. The minimum absolute atomic E-state index is 0.201. The largest absolute Gasteiger partial charge is 0.369 e. The molecule has 2 amide bonds. The third kappa shape index (κ3) is 5.13. The number of nitrogens with zero attached hydrogens (tertiary/aromatic N) is 3. The number of nitrogens with two attached hydrogens (primary N) is 1. The molecule has 1 saturated heterocycles. The normalized spacial score (nSPS) is 18.9. The van der Waals surface area contributed by atoms with Gasteiger partial charge >= 0.3 is 0 Å². The van der Waals surface area contributed by atoms with Crippen molar-refractivity contribution in [2.24, 2.45) is 5.73 Å². The van der Waals surface area contributed by atoms with E-state index in [4.69, 9.17) is 15.7 Å². The number of aromatic nitrogens is 2. The molecule has 3 heterocycles. The maximum Gasteiger partial charge on any atom is 0.255 e. The molecule has 0 radical (unpaired) electrons. The number of carbonyl (C=O) groups excluding carboxylic acids is 2. The number of anilines is 1. The molecular weight excluding hydrogens is 471 g/mol. The van der Waals surface area contributed by atoms with Crippen LogP contribution in [0.5, 0.6) is 0 Å². The van der Waals surface area contributed by atoms with Crippen LogP contribution in [0.1, 0.15) is 82.7 Å². The van der Waals surface area contributed by atoms with Crippen LogP contribution < -0.4 is 21.3 Å². The Morgan fingerprint density at radius 2 is 1.97 bits per heavy atom. The Balaban J connectivity index is 1.55. The van der Waals surface area contributed by atoms with E-state index in [2.05, 4.69) is 22.5 Å². The van der Waals surface area contributed by atoms with E-state index >= 15 is 0 Å². The molecule has 5 rings (SSSR count). The van der Waals surface area contributed by atoms with Gasteiger partial charge in [-0.05, 0) is 63.8 Å². The Morgan fingerprint density at radius 3 is 2.70 bits per heavy atom. The average Bonchev–Trinajstić information content (AvgIpc) is 3.71. The first-order valence-electron chi connectivity index (χ1n) is 12.9. The number of nitrogens with one attached hydrogen (secondary N) is 2. The van der Waals surface area contributed by atoms with Crippen LogP contribution in [0.25, 0.3) is 10.9 Å². The number of primary amides is 1. The highest BCUT2D eigenvalue weighted by molar-refractivity contribution is 6.08. The first-order chi connectivity index (χ1) is 17.7. The smallest absolute Gasteiger partial charge is 0.255 e. The van der Waals surface area contributed by atoms with Crippen LogP contribution in [0.3, 0.4) is 0 Å². The molecule has 1 aliphatic carbocycles. The predicted molar refractivity (Wildman–Crippen MR) is 141 cm³/mol. The molecule has 4 N–H and O–H groups in total. The summed E-state index contributed by atoms with van der Waals surface area (Å²) in [5.74, 6) is -1.39. The summed E-state index contributed by atoms with van der Waals surface area (Å²) in [6.45, 7) is 8.34. The Bertz CT molecular complexity index is 1370. The van der Waals surface area contributed by atoms with Crippen molar-refractivity contribution in [1.82, 2.24) is 20.6 Å². The maximum atomic E-state index is 14.0. The lowest BCUT2D eigenvalue weighted by molar-refractivity contribution is 0.0939. The fourth-order valence-corrected chi connectivity index (χ4v) is 5.08. The quantitative estimate of drug-likeness (QED) is 0.472. The van der Waals surface area contributed by atoms with Gasteiger partial charge in [-0.1, -0.05) is 6.07 Å². The number of pyridine rings is 2. The lowest BCUT2D eigenvalue weighted by Gasteiger charge is -2.27. The van der Waals surface area contributed by atoms with E-state index in [0.29, 0.717) is 23.1 Å². The van der Waals surface area contributed by atoms with Crippen LogP contribution in [0.4, 0.5) is 10.1 Å². The number of carbonyl (C=O) groups is 2. The number of halogens is 1. The number of benzene rings is 1. The number of hydrogen-bond acceptors (Lipinski definition) is 6. The molecule has 0 spiro atoms. The van der Waals surface area contributed by atoms with Crippen LogP contribution in [0, 0.1) is 12.7 Å². The van der Waals surface area contributed by atoms with Crippen LogP contribution in [0.15, 0.2) is 30.5 Å². The second kappa shape index (κ2) is 10.0. The number of amides is 2. The zero-order chi connectivity index (χ0) is 26.3. The second-order valence-corrected chi connectivity index (χ2v) is 10.3. The lowest BCUT2D eigenvalue weighted by Crippen LogP contribution is -2.33. The minimum atomic E-state index is -0.849. The molecule has 1 aliphatic heterocycles. The summed E-state index contributed by atoms with van der Waals surface area (Å²) >= 11 is 0. The fourth-order valence-electron chi connectivity index (χ4n) is 5.08. The molecule has 2 fully saturated rings. The van der Waals surface area contributed by atoms with Crippen molar-refractivity contribution in [3.05, 3.63) is 64.4 Å². The highest BCUT2D eigenvalue weighted by atomic mass is 19.1. The van der Waals surface area contributed by atoms with E-state index < -0.39 is 17.8 Å². The topological polar surface area (TPSA) is 113 Å². The highest BCUT2D eigenvalue weighted by Crippen LogP contribution is 2.43. The Kier molecular flexibility index (Phi) is 6.81. The van der Waals surface area contributed by atoms with Crippen molar-refractivity contribution in [2.75, 3.05) is 24.5 Å². The third-order valence-electron chi connectivity index (χ3n) is 7.32. The Hall–Kier alpha value is -3.59. The SMILES string of the molecule is Cc1cc2c(N3CCN[C@@H](C)CC3)c(C(=O)N[C@@H](C)c3ccc(F)c(C(N)=O)c3)cnc2c(C2CC2)n1. The van der Waals surface area contributed by atoms with Crippen LogP contribution in [0.2, 0.25) is 0 Å². The van der Waals surface area contributed by atoms with Gasteiger partial charge in [-0.15, -0.1) is 0 Å². The highest BCUT2D eigenvalue weighted by Gasteiger charge is 2.31. The molecule has 9 heteroatoms. The molecule has 0 unspecified atom stereocenters. The lowest BCUT2D eigenvalue weighted by atomic mass is 10.0. The van der Waals surface area contributed by atoms with Gasteiger partial charge in [0.25, 0.3) is 11.8 Å². The second-order valence-electron chi connectivity index (χ2n) is 10.3. The van der Waals surface area contributed by atoms with Gasteiger partial charge < -0.3 is 21.3 Å². The summed E-state index contributed by atoms with van der Waals surface area (Å²) in [5.41, 5.74) is 9.85. The summed E-state index contributed by atoms with van der Waals surface area (Å²) < 4.78 is 14.0. The van der Waals surface area contributed by atoms with Gasteiger partial charge in [-0.25, -0.2) is 4.39 Å². The van der Waals surface area contributed by atoms with Gasteiger partial charge in [0.1, 0.15) is 5.82 Å².